The van der Waals surface area contributed by atoms with Gasteiger partial charge in [0.15, 0.2) is 0 Å². The molecule has 1 aliphatic heterocycles. The van der Waals surface area contributed by atoms with Gasteiger partial charge < -0.3 is 4.90 Å². The van der Waals surface area contributed by atoms with E-state index >= 15 is 0 Å². The van der Waals surface area contributed by atoms with Gasteiger partial charge >= 0.3 is 0 Å². The summed E-state index contributed by atoms with van der Waals surface area (Å²) in [7, 11) is -2.31. The number of rotatable bonds is 3. The molecule has 0 saturated carbocycles. The van der Waals surface area contributed by atoms with Crippen molar-refractivity contribution in [2.45, 2.75) is 25.0 Å². The van der Waals surface area contributed by atoms with Crippen LogP contribution in [0.25, 0.3) is 0 Å². The molecule has 88 valence electrons. The van der Waals surface area contributed by atoms with E-state index in [9.17, 15) is 8.42 Å². The van der Waals surface area contributed by atoms with Gasteiger partial charge in [-0.15, -0.1) is 0 Å². The molecule has 1 aliphatic rings. The summed E-state index contributed by atoms with van der Waals surface area (Å²) in [6.45, 7) is 2.24. The van der Waals surface area contributed by atoms with Crippen LogP contribution >= 0.6 is 0 Å². The number of thiol groups is 1. The van der Waals surface area contributed by atoms with E-state index in [4.69, 9.17) is 0 Å². The normalized spacial score (nSPS) is 16.7. The molecule has 0 atom stereocenters. The molecule has 1 aromatic carbocycles. The van der Waals surface area contributed by atoms with Gasteiger partial charge in [0.2, 0.25) is 0 Å². The minimum absolute atomic E-state index is 0.148. The van der Waals surface area contributed by atoms with Gasteiger partial charge in [-0.2, -0.15) is 0 Å². The first-order valence-electron chi connectivity index (χ1n) is 5.71. The third kappa shape index (κ3) is 2.98. The molecule has 3 nitrogen and oxygen atoms in total. The van der Waals surface area contributed by atoms with Gasteiger partial charge in [-0.25, -0.2) is 8.42 Å². The summed E-state index contributed by atoms with van der Waals surface area (Å²) >= 11 is 0. The fourth-order valence-corrected chi connectivity index (χ4v) is 2.62. The molecule has 2 rings (SSSR count). The van der Waals surface area contributed by atoms with Crippen LogP contribution in [0.1, 0.15) is 24.8 Å². The van der Waals surface area contributed by atoms with E-state index in [0.29, 0.717) is 0 Å². The predicted octanol–water partition coefficient (Wildman–Crippen LogP) is 1.79. The molecule has 0 unspecified atom stereocenters. The Bertz CT molecular complexity index is 398. The molecule has 0 aliphatic carbocycles. The lowest BCUT2D eigenvalue weighted by molar-refractivity contribution is 0.578. The van der Waals surface area contributed by atoms with E-state index < -0.39 is 10.7 Å². The second-order valence-corrected chi connectivity index (χ2v) is 5.19. The van der Waals surface area contributed by atoms with Crippen LogP contribution in [0, 0.1) is 0 Å². The van der Waals surface area contributed by atoms with Crippen molar-refractivity contribution in [2.75, 3.05) is 18.0 Å². The first-order chi connectivity index (χ1) is 7.75. The zero-order valence-electron chi connectivity index (χ0n) is 9.26. The lowest BCUT2D eigenvalue weighted by Gasteiger charge is -2.28. The minimum atomic E-state index is -2.31. The zero-order valence-corrected chi connectivity index (χ0v) is 10.2. The van der Waals surface area contributed by atoms with Crippen LogP contribution in [0.4, 0.5) is 5.69 Å². The molecule has 0 radical (unpaired) electrons. The molecule has 1 aromatic rings. The summed E-state index contributed by atoms with van der Waals surface area (Å²) in [5.74, 6) is 0.148. The van der Waals surface area contributed by atoms with E-state index in [-0.39, 0.29) is 5.75 Å². The maximum Gasteiger partial charge on any atom is 0.144 e. The van der Waals surface area contributed by atoms with Gasteiger partial charge in [-0.1, -0.05) is 12.1 Å². The van der Waals surface area contributed by atoms with E-state index in [1.165, 1.54) is 24.9 Å². The van der Waals surface area contributed by atoms with Crippen LogP contribution < -0.4 is 4.90 Å². The molecule has 1 saturated heterocycles. The number of hydrogen-bond donors (Lipinski definition) is 1. The summed E-state index contributed by atoms with van der Waals surface area (Å²) in [5.41, 5.74) is 2.08. The Morgan fingerprint density at radius 1 is 1.00 bits per heavy atom. The van der Waals surface area contributed by atoms with Crippen LogP contribution in [0.5, 0.6) is 0 Å². The fourth-order valence-electron chi connectivity index (χ4n) is 2.11. The number of piperidine rings is 1. The van der Waals surface area contributed by atoms with Crippen molar-refractivity contribution < 1.29 is 8.42 Å². The van der Waals surface area contributed by atoms with Gasteiger partial charge in [0.25, 0.3) is 0 Å². The Labute approximate surface area is 98.0 Å². The maximum atomic E-state index is 10.6. The molecule has 0 aromatic heterocycles. The lowest BCUT2D eigenvalue weighted by Crippen LogP contribution is -2.29. The van der Waals surface area contributed by atoms with Crippen molar-refractivity contribution in [3.8, 4) is 0 Å². The van der Waals surface area contributed by atoms with Crippen LogP contribution in [-0.4, -0.2) is 21.5 Å². The van der Waals surface area contributed by atoms with Gasteiger partial charge in [0, 0.05) is 18.8 Å². The molecule has 1 fully saturated rings. The quantitative estimate of drug-likeness (QED) is 0.817. The van der Waals surface area contributed by atoms with Crippen molar-refractivity contribution in [3.63, 3.8) is 0 Å². The maximum absolute atomic E-state index is 10.6. The Hall–Kier alpha value is -1.03. The van der Waals surface area contributed by atoms with Crippen LogP contribution in [-0.2, 0) is 16.5 Å². The molecule has 0 bridgehead atoms. The van der Waals surface area contributed by atoms with Gasteiger partial charge in [0.1, 0.15) is 10.7 Å². The molecule has 0 N–H and O–H groups in total. The second kappa shape index (κ2) is 5.34. The average Bonchev–Trinajstić information content (AvgIpc) is 2.30. The fraction of sp³-hybridized carbons (Fsp3) is 0.500. The highest BCUT2D eigenvalue weighted by molar-refractivity contribution is 7.71. The number of anilines is 1. The number of hydrogen-bond acceptors (Lipinski definition) is 3. The average molecular weight is 239 g/mol. The summed E-state index contributed by atoms with van der Waals surface area (Å²) in [6.07, 6.45) is 3.84. The second-order valence-electron chi connectivity index (χ2n) is 4.21. The lowest BCUT2D eigenvalue weighted by atomic mass is 10.1. The van der Waals surface area contributed by atoms with Crippen LogP contribution in [0.2, 0.25) is 0 Å². The summed E-state index contributed by atoms with van der Waals surface area (Å²) in [6, 6.07) is 7.88. The molecule has 16 heavy (non-hydrogen) atoms. The highest BCUT2D eigenvalue weighted by Crippen LogP contribution is 2.20. The summed E-state index contributed by atoms with van der Waals surface area (Å²) in [4.78, 5) is 2.37. The van der Waals surface area contributed by atoms with E-state index in [0.717, 1.165) is 18.7 Å². The zero-order chi connectivity index (χ0) is 11.4. The first kappa shape index (κ1) is 11.5. The summed E-state index contributed by atoms with van der Waals surface area (Å²) < 4.78 is 21.2. The third-order valence-electron chi connectivity index (χ3n) is 2.97. The van der Waals surface area contributed by atoms with Gasteiger partial charge in [-0.05, 0) is 37.0 Å². The predicted molar refractivity (Wildman–Crippen MR) is 66.5 cm³/mol. The molecule has 0 spiro atoms. The van der Waals surface area contributed by atoms with Crippen LogP contribution in [0.3, 0.4) is 0 Å². The van der Waals surface area contributed by atoms with Crippen molar-refractivity contribution in [1.29, 1.82) is 0 Å². The van der Waals surface area contributed by atoms with Crippen molar-refractivity contribution in [1.82, 2.24) is 0 Å². The minimum Gasteiger partial charge on any atom is -0.372 e. The first-order valence-corrected chi connectivity index (χ1v) is 7.08. The van der Waals surface area contributed by atoms with Crippen molar-refractivity contribution in [2.24, 2.45) is 0 Å². The third-order valence-corrected chi connectivity index (χ3v) is 3.59. The number of nitrogens with zero attached hydrogens (tertiary/aromatic N) is 1. The van der Waals surface area contributed by atoms with E-state index in [1.54, 1.807) is 0 Å². The Kier molecular flexibility index (Phi) is 3.83. The van der Waals surface area contributed by atoms with Crippen molar-refractivity contribution in [3.05, 3.63) is 29.8 Å². The topological polar surface area (TPSA) is 37.4 Å². The van der Waals surface area contributed by atoms with Gasteiger partial charge in [-0.3, -0.25) is 0 Å². The van der Waals surface area contributed by atoms with Crippen LogP contribution in [0.15, 0.2) is 24.3 Å². The molecule has 0 amide bonds. The van der Waals surface area contributed by atoms with Crippen molar-refractivity contribution >= 4 is 16.4 Å². The standard InChI is InChI=1S/C12H17NO2S/c14-16(15)10-11-4-6-12(7-5-11)13-8-2-1-3-9-13/h4-7,16H,1-3,8-10H2. The Balaban J connectivity index is 2.05. The highest BCUT2D eigenvalue weighted by atomic mass is 32.2. The van der Waals surface area contributed by atoms with E-state index in [2.05, 4.69) is 4.90 Å². The molecular weight excluding hydrogens is 222 g/mol. The monoisotopic (exact) mass is 239 g/mol. The molecular formula is C12H17NO2S. The molecule has 4 heteroatoms. The Morgan fingerprint density at radius 3 is 2.19 bits per heavy atom. The Morgan fingerprint density at radius 2 is 1.62 bits per heavy atom. The highest BCUT2D eigenvalue weighted by Gasteiger charge is 2.10. The SMILES string of the molecule is O=[SH](=O)Cc1ccc(N2CCCCC2)cc1. The van der Waals surface area contributed by atoms with Gasteiger partial charge in [0.05, 0.1) is 5.75 Å². The smallest absolute Gasteiger partial charge is 0.144 e. The van der Waals surface area contributed by atoms with E-state index in [1.807, 2.05) is 24.3 Å². The molecule has 1 heterocycles. The largest absolute Gasteiger partial charge is 0.372 e. The number of benzene rings is 1. The summed E-state index contributed by atoms with van der Waals surface area (Å²) in [5, 5.41) is 0.